The molecule has 0 aromatic heterocycles. The number of benzene rings is 1. The molecule has 1 aliphatic rings. The van der Waals surface area contributed by atoms with Crippen molar-refractivity contribution in [3.63, 3.8) is 0 Å². The van der Waals surface area contributed by atoms with E-state index in [-0.39, 0.29) is 11.3 Å². The average molecular weight is 247 g/mol. The van der Waals surface area contributed by atoms with Crippen LogP contribution >= 0.6 is 0 Å². The minimum atomic E-state index is -0.714. The van der Waals surface area contributed by atoms with Crippen LogP contribution in [0.3, 0.4) is 0 Å². The molecule has 5 heteroatoms. The molecule has 1 unspecified atom stereocenters. The highest BCUT2D eigenvalue weighted by Crippen LogP contribution is 2.34. The lowest BCUT2D eigenvalue weighted by molar-refractivity contribution is -0.141. The van der Waals surface area contributed by atoms with Crippen molar-refractivity contribution in [2.24, 2.45) is 0 Å². The molecule has 1 heterocycles. The van der Waals surface area contributed by atoms with Crippen LogP contribution in [-0.2, 0) is 19.1 Å². The summed E-state index contributed by atoms with van der Waals surface area (Å²) in [4.78, 5) is 23.4. The van der Waals surface area contributed by atoms with Crippen LogP contribution < -0.4 is 5.32 Å². The van der Waals surface area contributed by atoms with E-state index in [1.54, 1.807) is 19.2 Å². The van der Waals surface area contributed by atoms with Crippen molar-refractivity contribution in [2.75, 3.05) is 14.2 Å². The van der Waals surface area contributed by atoms with E-state index in [1.807, 2.05) is 18.2 Å². The van der Waals surface area contributed by atoms with Gasteiger partial charge in [-0.15, -0.1) is 0 Å². The molecule has 18 heavy (non-hydrogen) atoms. The second kappa shape index (κ2) is 4.91. The Morgan fingerprint density at radius 2 is 2.00 bits per heavy atom. The van der Waals surface area contributed by atoms with Crippen molar-refractivity contribution in [1.29, 1.82) is 0 Å². The van der Waals surface area contributed by atoms with Gasteiger partial charge >= 0.3 is 11.9 Å². The molecule has 0 fully saturated rings. The van der Waals surface area contributed by atoms with Crippen LogP contribution in [-0.4, -0.2) is 26.1 Å². The zero-order valence-electron chi connectivity index (χ0n) is 10.1. The van der Waals surface area contributed by atoms with Crippen LogP contribution in [0.15, 0.2) is 41.6 Å². The second-order valence-electron chi connectivity index (χ2n) is 3.73. The maximum absolute atomic E-state index is 11.8. The van der Waals surface area contributed by atoms with Gasteiger partial charge < -0.3 is 14.8 Å². The Morgan fingerprint density at radius 3 is 2.56 bits per heavy atom. The molecule has 1 aromatic rings. The van der Waals surface area contributed by atoms with Crippen LogP contribution in [0.5, 0.6) is 0 Å². The highest BCUT2D eigenvalue weighted by Gasteiger charge is 2.39. The summed E-state index contributed by atoms with van der Waals surface area (Å²) in [5.41, 5.74) is 1.09. The molecule has 0 saturated heterocycles. The fourth-order valence-electron chi connectivity index (χ4n) is 1.88. The normalized spacial score (nSPS) is 18.6. The van der Waals surface area contributed by atoms with Crippen molar-refractivity contribution < 1.29 is 19.1 Å². The molecule has 94 valence electrons. The van der Waals surface area contributed by atoms with Crippen LogP contribution in [0.25, 0.3) is 0 Å². The predicted octanol–water partition coefficient (Wildman–Crippen LogP) is 0.931. The summed E-state index contributed by atoms with van der Waals surface area (Å²) in [6.45, 7) is 0. The number of carbonyl (C=O) groups excluding carboxylic acids is 2. The number of nitrogens with one attached hydrogen (secondary N) is 1. The molecule has 0 aliphatic carbocycles. The van der Waals surface area contributed by atoms with E-state index >= 15 is 0 Å². The van der Waals surface area contributed by atoms with Crippen LogP contribution in [0.4, 0.5) is 0 Å². The Kier molecular flexibility index (Phi) is 3.32. The standard InChI is InChI=1S/C13H13NO4/c1-14-10-9(12(15)17-2)11(18-13(10)16)8-6-4-3-5-7-8/h3-7,11,14H,1-2H3. The largest absolute Gasteiger partial charge is 0.465 e. The van der Waals surface area contributed by atoms with Crippen molar-refractivity contribution in [2.45, 2.75) is 6.10 Å². The van der Waals surface area contributed by atoms with E-state index in [9.17, 15) is 9.59 Å². The Morgan fingerprint density at radius 1 is 1.33 bits per heavy atom. The number of ether oxygens (including phenoxy) is 2. The molecule has 0 spiro atoms. The Balaban J connectivity index is 2.47. The first-order valence-corrected chi connectivity index (χ1v) is 5.45. The summed E-state index contributed by atoms with van der Waals surface area (Å²) < 4.78 is 9.91. The monoisotopic (exact) mass is 247 g/mol. The van der Waals surface area contributed by atoms with Gasteiger partial charge in [-0.05, 0) is 5.56 Å². The number of cyclic esters (lactones) is 1. The van der Waals surface area contributed by atoms with Gasteiger partial charge in [-0.2, -0.15) is 0 Å². The molecular weight excluding hydrogens is 234 g/mol. The number of rotatable bonds is 3. The molecule has 0 saturated carbocycles. The van der Waals surface area contributed by atoms with Gasteiger partial charge in [-0.25, -0.2) is 9.59 Å². The smallest absolute Gasteiger partial charge is 0.356 e. The summed E-state index contributed by atoms with van der Waals surface area (Å²) in [5, 5.41) is 2.68. The molecular formula is C13H13NO4. The van der Waals surface area contributed by atoms with Crippen LogP contribution in [0.1, 0.15) is 11.7 Å². The van der Waals surface area contributed by atoms with Gasteiger partial charge in [0.15, 0.2) is 6.10 Å². The lowest BCUT2D eigenvalue weighted by Crippen LogP contribution is -2.17. The SMILES string of the molecule is CNC1=C(C(=O)OC)C(c2ccccc2)OC1=O. The van der Waals surface area contributed by atoms with Crippen LogP contribution in [0, 0.1) is 0 Å². The lowest BCUT2D eigenvalue weighted by Gasteiger charge is -2.12. The van der Waals surface area contributed by atoms with Crippen molar-refractivity contribution >= 4 is 11.9 Å². The first-order valence-electron chi connectivity index (χ1n) is 5.45. The first-order chi connectivity index (χ1) is 8.69. The Hall–Kier alpha value is -2.30. The lowest BCUT2D eigenvalue weighted by atomic mass is 10.0. The zero-order valence-corrected chi connectivity index (χ0v) is 10.1. The predicted molar refractivity (Wildman–Crippen MR) is 63.4 cm³/mol. The third kappa shape index (κ3) is 1.95. The summed E-state index contributed by atoms with van der Waals surface area (Å²) in [6, 6.07) is 9.06. The Bertz CT molecular complexity index is 507. The third-order valence-corrected chi connectivity index (χ3v) is 2.72. The van der Waals surface area contributed by atoms with Crippen molar-refractivity contribution in [1.82, 2.24) is 5.32 Å². The molecule has 1 N–H and O–H groups in total. The number of esters is 2. The van der Waals surface area contributed by atoms with Gasteiger partial charge in [0.1, 0.15) is 11.3 Å². The van der Waals surface area contributed by atoms with Gasteiger partial charge in [0.25, 0.3) is 0 Å². The molecule has 0 bridgehead atoms. The summed E-state index contributed by atoms with van der Waals surface area (Å²) in [6.07, 6.45) is -0.714. The van der Waals surface area contributed by atoms with Crippen LogP contribution in [0.2, 0.25) is 0 Å². The van der Waals surface area contributed by atoms with E-state index < -0.39 is 18.0 Å². The van der Waals surface area contributed by atoms with E-state index in [1.165, 1.54) is 7.11 Å². The number of hydrogen-bond acceptors (Lipinski definition) is 5. The Labute approximate surface area is 104 Å². The molecule has 1 aliphatic heterocycles. The minimum absolute atomic E-state index is 0.149. The zero-order chi connectivity index (χ0) is 13.1. The molecule has 2 rings (SSSR count). The van der Waals surface area contributed by atoms with Gasteiger partial charge in [0, 0.05) is 7.05 Å². The average Bonchev–Trinajstić information content (AvgIpc) is 2.75. The van der Waals surface area contributed by atoms with E-state index in [0.717, 1.165) is 5.56 Å². The van der Waals surface area contributed by atoms with E-state index in [0.29, 0.717) is 0 Å². The van der Waals surface area contributed by atoms with Gasteiger partial charge in [-0.1, -0.05) is 30.3 Å². The molecule has 1 atom stereocenters. The molecule has 5 nitrogen and oxygen atoms in total. The summed E-state index contributed by atoms with van der Waals surface area (Å²) >= 11 is 0. The number of carbonyl (C=O) groups is 2. The first kappa shape index (κ1) is 12.2. The molecule has 0 amide bonds. The summed E-state index contributed by atoms with van der Waals surface area (Å²) in [5.74, 6) is -1.12. The maximum Gasteiger partial charge on any atom is 0.356 e. The highest BCUT2D eigenvalue weighted by molar-refractivity contribution is 6.04. The topological polar surface area (TPSA) is 64.6 Å². The highest BCUT2D eigenvalue weighted by atomic mass is 16.6. The van der Waals surface area contributed by atoms with Crippen molar-refractivity contribution in [3.05, 3.63) is 47.2 Å². The minimum Gasteiger partial charge on any atom is -0.465 e. The second-order valence-corrected chi connectivity index (χ2v) is 3.73. The third-order valence-electron chi connectivity index (χ3n) is 2.72. The van der Waals surface area contributed by atoms with Gasteiger partial charge in [0.05, 0.1) is 7.11 Å². The fraction of sp³-hybridized carbons (Fsp3) is 0.231. The van der Waals surface area contributed by atoms with E-state index in [4.69, 9.17) is 9.47 Å². The maximum atomic E-state index is 11.8. The van der Waals surface area contributed by atoms with Gasteiger partial charge in [-0.3, -0.25) is 0 Å². The van der Waals surface area contributed by atoms with Gasteiger partial charge in [0.2, 0.25) is 0 Å². The summed E-state index contributed by atoms with van der Waals surface area (Å²) in [7, 11) is 2.83. The van der Waals surface area contributed by atoms with E-state index in [2.05, 4.69) is 5.32 Å². The van der Waals surface area contributed by atoms with Crippen molar-refractivity contribution in [3.8, 4) is 0 Å². The fourth-order valence-corrected chi connectivity index (χ4v) is 1.88. The number of methoxy groups -OCH3 is 1. The molecule has 1 aromatic carbocycles. The number of hydrogen-bond donors (Lipinski definition) is 1. The molecule has 0 radical (unpaired) electrons. The quantitative estimate of drug-likeness (QED) is 0.805. The number of likely N-dealkylation sites (N-methyl/N-ethyl adjacent to an activating group) is 1.